The van der Waals surface area contributed by atoms with Crippen molar-refractivity contribution < 1.29 is 52.4 Å². The minimum absolute atomic E-state index is 0.113. The van der Waals surface area contributed by atoms with Crippen molar-refractivity contribution in [1.82, 2.24) is 55.1 Å². The molecule has 3 fully saturated rings. The van der Waals surface area contributed by atoms with E-state index in [-0.39, 0.29) is 99.5 Å². The van der Waals surface area contributed by atoms with Crippen LogP contribution in [0.1, 0.15) is 111 Å². The van der Waals surface area contributed by atoms with Crippen molar-refractivity contribution >= 4 is 64.4 Å². The number of hydrogen-bond donors (Lipinski definition) is 3. The van der Waals surface area contributed by atoms with Crippen LogP contribution in [0.3, 0.4) is 0 Å². The van der Waals surface area contributed by atoms with Gasteiger partial charge in [0.2, 0.25) is 11.8 Å². The summed E-state index contributed by atoms with van der Waals surface area (Å²) < 4.78 is 34.7. The third kappa shape index (κ3) is 19.2. The second-order valence-corrected chi connectivity index (χ2v) is 27.4. The molecule has 552 valence electrons. The number of piperazine rings is 2. The van der Waals surface area contributed by atoms with Crippen molar-refractivity contribution in [2.24, 2.45) is 4.99 Å². The number of aromatic nitrogens is 4. The summed E-state index contributed by atoms with van der Waals surface area (Å²) in [6.07, 6.45) is 3.08. The summed E-state index contributed by atoms with van der Waals surface area (Å²) in [5, 5.41) is 15.7. The topological polar surface area (TPSA) is 260 Å². The highest BCUT2D eigenvalue weighted by atomic mass is 35.5. The zero-order chi connectivity index (χ0) is 73.4. The van der Waals surface area contributed by atoms with E-state index in [2.05, 4.69) is 72.9 Å². The highest BCUT2D eigenvalue weighted by Crippen LogP contribution is 2.46. The van der Waals surface area contributed by atoms with Crippen LogP contribution in [0.15, 0.2) is 125 Å². The number of rotatable bonds is 30. The molecule has 0 aliphatic carbocycles. The fourth-order valence-corrected chi connectivity index (χ4v) is 13.9. The summed E-state index contributed by atoms with van der Waals surface area (Å²) in [7, 11) is 1.57. The Morgan fingerprint density at radius 3 is 2.09 bits per heavy atom. The maximum Gasteiger partial charge on any atom is 0.326 e. The third-order valence-corrected chi connectivity index (χ3v) is 19.6. The fraction of sp³-hybridized carbons (Fsp3) is 0.442. The fourth-order valence-electron chi connectivity index (χ4n) is 13.6. The van der Waals surface area contributed by atoms with Gasteiger partial charge in [-0.3, -0.25) is 38.8 Å². The number of pyridine rings is 1. The second-order valence-electron chi connectivity index (χ2n) is 26.6. The first-order chi connectivity index (χ1) is 50.3. The van der Waals surface area contributed by atoms with Crippen molar-refractivity contribution in [2.75, 3.05) is 130 Å². The summed E-state index contributed by atoms with van der Waals surface area (Å²) in [6.45, 7) is 19.3. The quantitative estimate of drug-likeness (QED) is 0.0354. The van der Waals surface area contributed by atoms with Gasteiger partial charge in [-0.05, 0) is 148 Å². The second kappa shape index (κ2) is 36.0. The molecule has 4 aliphatic heterocycles. The van der Waals surface area contributed by atoms with E-state index in [9.17, 15) is 24.0 Å². The highest BCUT2D eigenvalue weighted by Gasteiger charge is 2.46. The zero-order valence-electron chi connectivity index (χ0n) is 60.2. The van der Waals surface area contributed by atoms with E-state index in [0.29, 0.717) is 123 Å². The van der Waals surface area contributed by atoms with Crippen molar-refractivity contribution in [3.63, 3.8) is 0 Å². The van der Waals surface area contributed by atoms with Gasteiger partial charge in [0, 0.05) is 123 Å². The number of aromatic amines is 1. The number of nitrogens with zero attached hydrogens (tertiary/aromatic N) is 10. The van der Waals surface area contributed by atoms with Crippen LogP contribution in [0.5, 0.6) is 11.5 Å². The van der Waals surface area contributed by atoms with Crippen LogP contribution in [0.25, 0.3) is 11.1 Å². The van der Waals surface area contributed by atoms with Gasteiger partial charge in [-0.1, -0.05) is 71.7 Å². The Kier molecular flexibility index (Phi) is 26.3. The van der Waals surface area contributed by atoms with Gasteiger partial charge in [0.1, 0.15) is 29.9 Å². The lowest BCUT2D eigenvalue weighted by molar-refractivity contribution is -0.139. The van der Waals surface area contributed by atoms with Crippen molar-refractivity contribution in [2.45, 2.75) is 98.2 Å². The summed E-state index contributed by atoms with van der Waals surface area (Å²) in [5.74, 6) is 0.227. The van der Waals surface area contributed by atoms with E-state index < -0.39 is 18.1 Å². The molecule has 0 unspecified atom stereocenters. The Labute approximate surface area is 616 Å². The van der Waals surface area contributed by atoms with Crippen LogP contribution in [0.4, 0.5) is 10.5 Å². The molecule has 0 saturated carbocycles. The predicted molar refractivity (Wildman–Crippen MR) is 397 cm³/mol. The van der Waals surface area contributed by atoms with E-state index in [1.54, 1.807) is 48.4 Å². The average Bonchev–Trinajstić information content (AvgIpc) is 1.45. The Bertz CT molecular complexity index is 4220. The van der Waals surface area contributed by atoms with E-state index in [4.69, 9.17) is 56.6 Å². The van der Waals surface area contributed by atoms with Gasteiger partial charge in [-0.25, -0.2) is 4.79 Å². The van der Waals surface area contributed by atoms with Gasteiger partial charge in [0.05, 0.1) is 83.7 Å². The van der Waals surface area contributed by atoms with Gasteiger partial charge in [0.25, 0.3) is 17.4 Å². The number of carbonyl (C=O) groups excluding carboxylic acids is 5. The number of benzene rings is 5. The number of urea groups is 1. The van der Waals surface area contributed by atoms with Gasteiger partial charge in [-0.2, -0.15) is 9.90 Å². The molecule has 0 bridgehead atoms. The number of ether oxygens (including phenoxy) is 6. The van der Waals surface area contributed by atoms with Gasteiger partial charge in [0.15, 0.2) is 5.69 Å². The zero-order valence-corrected chi connectivity index (χ0v) is 61.7. The predicted octanol–water partition coefficient (Wildman–Crippen LogP) is 9.23. The normalized spacial score (nSPS) is 16.6. The Morgan fingerprint density at radius 2 is 1.42 bits per heavy atom. The average molecular weight is 1460 g/mol. The molecule has 0 spiro atoms. The van der Waals surface area contributed by atoms with E-state index in [1.165, 1.54) is 20.8 Å². The molecule has 6 amide bonds. The number of hydrogen-bond acceptors (Lipinski definition) is 17. The monoisotopic (exact) mass is 1460 g/mol. The molecule has 11 rings (SSSR count). The number of amidine groups is 1. The lowest BCUT2D eigenvalue weighted by Gasteiger charge is -2.38. The molecule has 3 N–H and O–H groups in total. The maximum absolute atomic E-state index is 15.1. The third-order valence-electron chi connectivity index (χ3n) is 19.1. The largest absolute Gasteiger partial charge is 0.497 e. The molecule has 4 aliphatic rings. The molecule has 2 aromatic heterocycles. The van der Waals surface area contributed by atoms with Crippen LogP contribution in [-0.2, 0) is 48.2 Å². The minimum atomic E-state index is -0.666. The SMILES string of the molecule is CCN(c1cc(-c2ccc(CN3CCN(C(=O)c4cnn(CCOCCOCCOCCNC(=O)CN5CCN(C(=O)N6C(c7ccc(OC)cc7OC(C)C)=N[C@H](c7ccc(Cl)cc7)[C@@H]6c6ccc(Cl)cc6)CC5=O)n4)CC3)cc2)cc(C(=O)NCc2c(C)cc(C)[nH]c2=O)c1C)C1CCOCC1. The molecule has 0 radical (unpaired) electrons. The molecule has 3 saturated heterocycles. The molecule has 27 heteroatoms. The van der Waals surface area contributed by atoms with Crippen LogP contribution < -0.4 is 30.6 Å². The number of amides is 6. The van der Waals surface area contributed by atoms with E-state index >= 15 is 4.79 Å². The smallest absolute Gasteiger partial charge is 0.326 e. The van der Waals surface area contributed by atoms with E-state index in [0.717, 1.165) is 69.7 Å². The molecular formula is C77H93Cl2N13O12. The Morgan fingerprint density at radius 1 is 0.750 bits per heavy atom. The lowest BCUT2D eigenvalue weighted by atomic mass is 9.93. The minimum Gasteiger partial charge on any atom is -0.497 e. The van der Waals surface area contributed by atoms with Gasteiger partial charge >= 0.3 is 6.03 Å². The van der Waals surface area contributed by atoms with Crippen molar-refractivity contribution in [3.8, 4) is 22.6 Å². The van der Waals surface area contributed by atoms with Crippen molar-refractivity contribution in [3.05, 3.63) is 192 Å². The number of aryl methyl sites for hydroxylation is 2. The summed E-state index contributed by atoms with van der Waals surface area (Å²) in [6, 6.07) is 33.1. The Hall–Kier alpha value is -9.21. The van der Waals surface area contributed by atoms with Gasteiger partial charge < -0.3 is 63.6 Å². The molecular weight excluding hydrogens is 1370 g/mol. The number of carbonyl (C=O) groups is 5. The number of H-pyrrole nitrogens is 1. The molecule has 104 heavy (non-hydrogen) atoms. The number of nitrogens with one attached hydrogen (secondary N) is 3. The van der Waals surface area contributed by atoms with Gasteiger partial charge in [-0.15, -0.1) is 5.10 Å². The van der Waals surface area contributed by atoms with E-state index in [1.807, 2.05) is 82.0 Å². The molecule has 6 heterocycles. The molecule has 7 aromatic rings. The standard InChI is InChI=1S/C77H93Cl2N13O12/c1-8-90(61-23-33-100-34-24-61)67-43-58(42-64(53(67)6)74(95)81-45-65-51(4)41-52(5)83-75(65)96)55-11-9-54(10-12-55)47-86-26-28-87(29-27-86)76(97)66-46-82-91(85-66)32-36-102-38-40-103-39-37-101-35-25-80-69(93)48-88-30-31-89(49-70(88)94)77(98)92-72(57-15-19-60(79)20-16-57)71(56-13-17-59(78)18-14-56)84-73(92)63-22-21-62(99-7)44-68(63)104-50(2)3/h9-22,41-44,46,50,61,71-72H,8,23-40,45,47-49H2,1-7H3,(H,80,93)(H,81,95)(H,83,96)/t71-,72+/m1/s1. The number of aliphatic imine (C=N–C) groups is 1. The number of methoxy groups -OCH3 is 1. The van der Waals surface area contributed by atoms with Crippen molar-refractivity contribution in [1.29, 1.82) is 0 Å². The lowest BCUT2D eigenvalue weighted by Crippen LogP contribution is -2.57. The first kappa shape index (κ1) is 75.9. The molecule has 2 atom stereocenters. The summed E-state index contributed by atoms with van der Waals surface area (Å²) in [5.41, 5.74) is 9.87. The van der Waals surface area contributed by atoms with Crippen LogP contribution in [-0.4, -0.2) is 218 Å². The number of halogens is 2. The van der Waals surface area contributed by atoms with Crippen LogP contribution >= 0.6 is 23.2 Å². The Balaban J connectivity index is 0.571. The summed E-state index contributed by atoms with van der Waals surface area (Å²) >= 11 is 12.7. The molecule has 5 aromatic carbocycles. The van der Waals surface area contributed by atoms with Crippen LogP contribution in [0.2, 0.25) is 10.0 Å². The maximum atomic E-state index is 15.1. The highest BCUT2D eigenvalue weighted by molar-refractivity contribution is 6.30. The first-order valence-corrected chi connectivity index (χ1v) is 36.4. The summed E-state index contributed by atoms with van der Waals surface area (Å²) in [4.78, 5) is 103. The first-order valence-electron chi connectivity index (χ1n) is 35.6. The molecule has 25 nitrogen and oxygen atoms in total. The van der Waals surface area contributed by atoms with Crippen LogP contribution in [0, 0.1) is 20.8 Å². The number of anilines is 1.